The van der Waals surface area contributed by atoms with Crippen molar-refractivity contribution >= 4 is 39.1 Å². The second-order valence-corrected chi connectivity index (χ2v) is 4.78. The molecule has 1 rings (SSSR count). The monoisotopic (exact) mass is 360 g/mol. The van der Waals surface area contributed by atoms with Gasteiger partial charge in [0.2, 0.25) is 0 Å². The number of nitrogens with two attached hydrogens (primary N) is 1. The van der Waals surface area contributed by atoms with E-state index in [0.717, 1.165) is 0 Å². The average molecular weight is 362 g/mol. The third kappa shape index (κ3) is 5.56. The Bertz CT molecular complexity index is 459. The van der Waals surface area contributed by atoms with Crippen LogP contribution in [0.3, 0.4) is 0 Å². The van der Waals surface area contributed by atoms with Crippen LogP contribution in [-0.2, 0) is 4.79 Å². The standard InChI is InChI=1S/C10H9BrClF3N2O2/c11-6-1-5(12)2-7(16)9(6)19-3-8(18)17-4-10(13,14)15/h1-2H,3-4,16H2,(H,17,18). The first-order valence-corrected chi connectivity index (χ1v) is 6.07. The maximum absolute atomic E-state index is 11.9. The van der Waals surface area contributed by atoms with Gasteiger partial charge in [0.25, 0.3) is 5.91 Å². The van der Waals surface area contributed by atoms with Gasteiger partial charge in [-0.3, -0.25) is 4.79 Å². The number of benzene rings is 1. The van der Waals surface area contributed by atoms with Crippen LogP contribution in [0.4, 0.5) is 18.9 Å². The van der Waals surface area contributed by atoms with Crippen molar-refractivity contribution in [3.8, 4) is 5.75 Å². The van der Waals surface area contributed by atoms with Crippen molar-refractivity contribution in [2.24, 2.45) is 0 Å². The molecule has 19 heavy (non-hydrogen) atoms. The first kappa shape index (κ1) is 15.9. The number of carbonyl (C=O) groups is 1. The van der Waals surface area contributed by atoms with Crippen LogP contribution in [0.5, 0.6) is 5.75 Å². The van der Waals surface area contributed by atoms with Crippen LogP contribution in [0.15, 0.2) is 16.6 Å². The fourth-order valence-electron chi connectivity index (χ4n) is 1.12. The first-order chi connectivity index (χ1) is 8.69. The number of hydrogen-bond donors (Lipinski definition) is 2. The number of anilines is 1. The highest BCUT2D eigenvalue weighted by Crippen LogP contribution is 2.34. The Kier molecular flexibility index (Phi) is 5.30. The Morgan fingerprint density at radius 2 is 2.11 bits per heavy atom. The molecule has 1 amide bonds. The van der Waals surface area contributed by atoms with Crippen LogP contribution in [-0.4, -0.2) is 25.2 Å². The van der Waals surface area contributed by atoms with E-state index in [1.165, 1.54) is 12.1 Å². The van der Waals surface area contributed by atoms with E-state index in [1.54, 1.807) is 5.32 Å². The quantitative estimate of drug-likeness (QED) is 0.811. The second-order valence-electron chi connectivity index (χ2n) is 3.49. The molecule has 0 radical (unpaired) electrons. The van der Waals surface area contributed by atoms with Gasteiger partial charge < -0.3 is 15.8 Å². The molecule has 0 heterocycles. The molecular weight excluding hydrogens is 352 g/mol. The molecule has 0 fully saturated rings. The summed E-state index contributed by atoms with van der Waals surface area (Å²) in [4.78, 5) is 11.1. The Morgan fingerprint density at radius 1 is 1.47 bits per heavy atom. The molecule has 106 valence electrons. The van der Waals surface area contributed by atoms with Gasteiger partial charge >= 0.3 is 6.18 Å². The lowest BCUT2D eigenvalue weighted by molar-refractivity contribution is -0.139. The van der Waals surface area contributed by atoms with Crippen LogP contribution < -0.4 is 15.8 Å². The number of amides is 1. The molecule has 9 heteroatoms. The highest BCUT2D eigenvalue weighted by atomic mass is 79.9. The summed E-state index contributed by atoms with van der Waals surface area (Å²) in [5, 5.41) is 2.03. The van der Waals surface area contributed by atoms with Crippen LogP contribution in [0, 0.1) is 0 Å². The summed E-state index contributed by atoms with van der Waals surface area (Å²) in [6.07, 6.45) is -4.46. The largest absolute Gasteiger partial charge is 0.480 e. The molecule has 0 aromatic heterocycles. The molecule has 0 aliphatic carbocycles. The zero-order valence-corrected chi connectivity index (χ0v) is 11.7. The lowest BCUT2D eigenvalue weighted by Crippen LogP contribution is -2.36. The highest BCUT2D eigenvalue weighted by Gasteiger charge is 2.27. The van der Waals surface area contributed by atoms with Gasteiger partial charge in [0, 0.05) is 5.02 Å². The minimum atomic E-state index is -4.46. The van der Waals surface area contributed by atoms with Crippen molar-refractivity contribution in [1.29, 1.82) is 0 Å². The predicted molar refractivity (Wildman–Crippen MR) is 68.1 cm³/mol. The molecule has 3 N–H and O–H groups in total. The zero-order valence-electron chi connectivity index (χ0n) is 9.35. The molecule has 1 aromatic rings. The summed E-state index contributed by atoms with van der Waals surface area (Å²) in [5.74, 6) is -0.759. The van der Waals surface area contributed by atoms with E-state index in [0.29, 0.717) is 9.50 Å². The van der Waals surface area contributed by atoms with E-state index in [1.807, 2.05) is 0 Å². The summed E-state index contributed by atoms with van der Waals surface area (Å²) < 4.78 is 41.0. The topological polar surface area (TPSA) is 64.3 Å². The molecule has 0 bridgehead atoms. The normalized spacial score (nSPS) is 11.2. The number of nitrogens with one attached hydrogen (secondary N) is 1. The fourth-order valence-corrected chi connectivity index (χ4v) is 2.07. The van der Waals surface area contributed by atoms with Crippen molar-refractivity contribution in [3.05, 3.63) is 21.6 Å². The summed E-state index contributed by atoms with van der Waals surface area (Å²) in [7, 11) is 0. The maximum atomic E-state index is 11.9. The summed E-state index contributed by atoms with van der Waals surface area (Å²) in [6.45, 7) is -1.99. The zero-order chi connectivity index (χ0) is 14.6. The van der Waals surface area contributed by atoms with Gasteiger partial charge in [-0.15, -0.1) is 0 Å². The van der Waals surface area contributed by atoms with Crippen LogP contribution >= 0.6 is 27.5 Å². The lowest BCUT2D eigenvalue weighted by Gasteiger charge is -2.12. The van der Waals surface area contributed by atoms with Gasteiger partial charge in [-0.2, -0.15) is 13.2 Å². The summed E-state index contributed by atoms with van der Waals surface area (Å²) in [5.41, 5.74) is 5.77. The number of nitrogen functional groups attached to an aromatic ring is 1. The van der Waals surface area contributed by atoms with Gasteiger partial charge in [-0.1, -0.05) is 11.6 Å². The predicted octanol–water partition coefficient (Wildman–Crippen LogP) is 2.74. The Balaban J connectivity index is 2.56. The van der Waals surface area contributed by atoms with Crippen molar-refractivity contribution in [1.82, 2.24) is 5.32 Å². The molecule has 0 spiro atoms. The van der Waals surface area contributed by atoms with Gasteiger partial charge in [0.1, 0.15) is 6.54 Å². The van der Waals surface area contributed by atoms with Gasteiger partial charge in [0.15, 0.2) is 12.4 Å². The number of alkyl halides is 3. The van der Waals surface area contributed by atoms with E-state index < -0.39 is 25.2 Å². The van der Waals surface area contributed by atoms with Gasteiger partial charge in [-0.05, 0) is 28.1 Å². The second kappa shape index (κ2) is 6.33. The molecular formula is C10H9BrClF3N2O2. The van der Waals surface area contributed by atoms with E-state index in [2.05, 4.69) is 15.9 Å². The number of halogens is 5. The summed E-state index contributed by atoms with van der Waals surface area (Å²) in [6, 6.07) is 2.89. The molecule has 0 unspecified atom stereocenters. The molecule has 1 aromatic carbocycles. The minimum Gasteiger partial charge on any atom is -0.480 e. The van der Waals surface area contributed by atoms with Crippen molar-refractivity contribution in [3.63, 3.8) is 0 Å². The molecule has 0 atom stereocenters. The average Bonchev–Trinajstić information content (AvgIpc) is 2.23. The van der Waals surface area contributed by atoms with Crippen LogP contribution in [0.2, 0.25) is 5.02 Å². The number of ether oxygens (including phenoxy) is 1. The Morgan fingerprint density at radius 3 is 2.63 bits per heavy atom. The van der Waals surface area contributed by atoms with E-state index in [4.69, 9.17) is 22.1 Å². The lowest BCUT2D eigenvalue weighted by atomic mass is 10.3. The van der Waals surface area contributed by atoms with Crippen LogP contribution in [0.25, 0.3) is 0 Å². The SMILES string of the molecule is Nc1cc(Cl)cc(Br)c1OCC(=O)NCC(F)(F)F. The molecule has 0 aliphatic heterocycles. The maximum Gasteiger partial charge on any atom is 0.405 e. The number of hydrogen-bond acceptors (Lipinski definition) is 3. The Labute approximate surface area is 120 Å². The van der Waals surface area contributed by atoms with Crippen LogP contribution in [0.1, 0.15) is 0 Å². The molecule has 0 aliphatic rings. The summed E-state index contributed by atoms with van der Waals surface area (Å²) >= 11 is 8.83. The highest BCUT2D eigenvalue weighted by molar-refractivity contribution is 9.10. The van der Waals surface area contributed by atoms with E-state index in [9.17, 15) is 18.0 Å². The number of carbonyl (C=O) groups excluding carboxylic acids is 1. The fraction of sp³-hybridized carbons (Fsp3) is 0.300. The third-order valence-electron chi connectivity index (χ3n) is 1.87. The first-order valence-electron chi connectivity index (χ1n) is 4.90. The number of rotatable bonds is 4. The van der Waals surface area contributed by atoms with Gasteiger partial charge in [-0.25, -0.2) is 0 Å². The minimum absolute atomic E-state index is 0.145. The third-order valence-corrected chi connectivity index (χ3v) is 2.68. The van der Waals surface area contributed by atoms with E-state index >= 15 is 0 Å². The molecule has 4 nitrogen and oxygen atoms in total. The van der Waals surface area contributed by atoms with E-state index in [-0.39, 0.29) is 11.4 Å². The van der Waals surface area contributed by atoms with Crippen molar-refractivity contribution in [2.45, 2.75) is 6.18 Å². The smallest absolute Gasteiger partial charge is 0.405 e. The van der Waals surface area contributed by atoms with Crippen molar-refractivity contribution < 1.29 is 22.7 Å². The van der Waals surface area contributed by atoms with Crippen molar-refractivity contribution in [2.75, 3.05) is 18.9 Å². The molecule has 0 saturated heterocycles. The van der Waals surface area contributed by atoms with Gasteiger partial charge in [0.05, 0.1) is 10.2 Å². The Hall–Kier alpha value is -1.15. The molecule has 0 saturated carbocycles.